The molecular formula is C17H23NO4. The molecule has 0 saturated carbocycles. The van der Waals surface area contributed by atoms with E-state index < -0.39 is 11.9 Å². The summed E-state index contributed by atoms with van der Waals surface area (Å²) in [6, 6.07) is 7.68. The summed E-state index contributed by atoms with van der Waals surface area (Å²) in [5, 5.41) is 9.11. The van der Waals surface area contributed by atoms with Crippen LogP contribution in [0.4, 0.5) is 0 Å². The molecule has 0 spiro atoms. The van der Waals surface area contributed by atoms with Crippen LogP contribution < -0.4 is 4.74 Å². The van der Waals surface area contributed by atoms with Crippen LogP contribution in [0.1, 0.15) is 37.7 Å². The normalized spacial score (nSPS) is 19.5. The van der Waals surface area contributed by atoms with Gasteiger partial charge < -0.3 is 14.7 Å². The maximum Gasteiger partial charge on any atom is 0.308 e. The first-order valence-corrected chi connectivity index (χ1v) is 7.66. The highest BCUT2D eigenvalue weighted by molar-refractivity contribution is 5.78. The summed E-state index contributed by atoms with van der Waals surface area (Å²) in [4.78, 5) is 25.2. The van der Waals surface area contributed by atoms with Gasteiger partial charge in [-0.25, -0.2) is 0 Å². The summed E-state index contributed by atoms with van der Waals surface area (Å²) >= 11 is 0. The van der Waals surface area contributed by atoms with Crippen molar-refractivity contribution in [2.45, 2.75) is 32.1 Å². The number of ether oxygens (including phenoxy) is 1. The Kier molecular flexibility index (Phi) is 5.41. The number of rotatable bonds is 5. The standard InChI is InChI=1S/C17H23NO4/c1-12(14-7-3-4-8-15(14)22-2)10-16(19)18-9-5-6-13(11-18)17(20)21/h3-4,7-8,12-13H,5-6,9-11H2,1-2H3,(H,20,21)/t12-,13+/m1/s1. The molecule has 1 aromatic rings. The zero-order valence-corrected chi connectivity index (χ0v) is 13.1. The quantitative estimate of drug-likeness (QED) is 0.907. The summed E-state index contributed by atoms with van der Waals surface area (Å²) < 4.78 is 5.34. The van der Waals surface area contributed by atoms with Gasteiger partial charge in [0.2, 0.25) is 5.91 Å². The van der Waals surface area contributed by atoms with Gasteiger partial charge in [-0.05, 0) is 30.4 Å². The van der Waals surface area contributed by atoms with E-state index in [-0.39, 0.29) is 11.8 Å². The Labute approximate surface area is 130 Å². The average molecular weight is 305 g/mol. The van der Waals surface area contributed by atoms with Crippen molar-refractivity contribution in [2.75, 3.05) is 20.2 Å². The molecule has 1 saturated heterocycles. The minimum absolute atomic E-state index is 0.0179. The van der Waals surface area contributed by atoms with Crippen molar-refractivity contribution in [1.29, 1.82) is 0 Å². The van der Waals surface area contributed by atoms with E-state index in [1.807, 2.05) is 31.2 Å². The summed E-state index contributed by atoms with van der Waals surface area (Å²) in [5.41, 5.74) is 1.00. The molecule has 1 amide bonds. The molecule has 0 radical (unpaired) electrons. The summed E-state index contributed by atoms with van der Waals surface area (Å²) in [5.74, 6) is -0.405. The lowest BCUT2D eigenvalue weighted by Crippen LogP contribution is -2.42. The van der Waals surface area contributed by atoms with Crippen LogP contribution in [0.3, 0.4) is 0 Å². The topological polar surface area (TPSA) is 66.8 Å². The minimum Gasteiger partial charge on any atom is -0.496 e. The second kappa shape index (κ2) is 7.29. The molecule has 120 valence electrons. The van der Waals surface area contributed by atoms with Gasteiger partial charge in [0, 0.05) is 19.5 Å². The van der Waals surface area contributed by atoms with Gasteiger partial charge in [-0.15, -0.1) is 0 Å². The summed E-state index contributed by atoms with van der Waals surface area (Å²) in [6.07, 6.45) is 1.78. The molecule has 2 atom stereocenters. The van der Waals surface area contributed by atoms with Gasteiger partial charge in [0.1, 0.15) is 5.75 Å². The first kappa shape index (κ1) is 16.3. The SMILES string of the molecule is COc1ccccc1[C@H](C)CC(=O)N1CCC[C@H](C(=O)O)C1. The van der Waals surface area contributed by atoms with Gasteiger partial charge in [-0.3, -0.25) is 9.59 Å². The fourth-order valence-corrected chi connectivity index (χ4v) is 2.98. The molecule has 1 aromatic carbocycles. The van der Waals surface area contributed by atoms with Crippen LogP contribution in [0.2, 0.25) is 0 Å². The van der Waals surface area contributed by atoms with Gasteiger partial charge >= 0.3 is 5.97 Å². The van der Waals surface area contributed by atoms with Gasteiger partial charge in [-0.2, -0.15) is 0 Å². The first-order valence-electron chi connectivity index (χ1n) is 7.66. The maximum atomic E-state index is 12.4. The molecule has 0 aliphatic carbocycles. The Balaban J connectivity index is 2.00. The molecule has 0 unspecified atom stereocenters. The van der Waals surface area contributed by atoms with E-state index in [2.05, 4.69) is 0 Å². The predicted molar refractivity (Wildman–Crippen MR) is 83.0 cm³/mol. The number of carbonyl (C=O) groups excluding carboxylic acids is 1. The number of carboxylic acids is 1. The number of benzene rings is 1. The van der Waals surface area contributed by atoms with Gasteiger partial charge in [-0.1, -0.05) is 25.1 Å². The summed E-state index contributed by atoms with van der Waals surface area (Å²) in [6.45, 7) is 2.97. The van der Waals surface area contributed by atoms with Crippen LogP contribution in [-0.2, 0) is 9.59 Å². The number of likely N-dealkylation sites (tertiary alicyclic amines) is 1. The van der Waals surface area contributed by atoms with Crippen molar-refractivity contribution >= 4 is 11.9 Å². The Morgan fingerprint density at radius 2 is 2.14 bits per heavy atom. The lowest BCUT2D eigenvalue weighted by Gasteiger charge is -2.31. The van der Waals surface area contributed by atoms with Gasteiger partial charge in [0.05, 0.1) is 13.0 Å². The Morgan fingerprint density at radius 3 is 2.82 bits per heavy atom. The lowest BCUT2D eigenvalue weighted by molar-refractivity contribution is -0.145. The number of aliphatic carboxylic acids is 1. The third kappa shape index (κ3) is 3.78. The van der Waals surface area contributed by atoms with E-state index in [1.54, 1.807) is 12.0 Å². The number of para-hydroxylation sites is 1. The molecule has 5 heteroatoms. The second-order valence-corrected chi connectivity index (χ2v) is 5.86. The second-order valence-electron chi connectivity index (χ2n) is 5.86. The Hall–Kier alpha value is -2.04. The number of nitrogens with zero attached hydrogens (tertiary/aromatic N) is 1. The van der Waals surface area contributed by atoms with Crippen LogP contribution in [0, 0.1) is 5.92 Å². The van der Waals surface area contributed by atoms with Crippen molar-refractivity contribution in [3.05, 3.63) is 29.8 Å². The zero-order valence-electron chi connectivity index (χ0n) is 13.1. The van der Waals surface area contributed by atoms with E-state index in [9.17, 15) is 9.59 Å². The van der Waals surface area contributed by atoms with Gasteiger partial charge in [0.15, 0.2) is 0 Å². The predicted octanol–water partition coefficient (Wildman–Crippen LogP) is 2.51. The highest BCUT2D eigenvalue weighted by Crippen LogP contribution is 2.29. The lowest BCUT2D eigenvalue weighted by atomic mass is 9.94. The Morgan fingerprint density at radius 1 is 1.41 bits per heavy atom. The third-order valence-corrected chi connectivity index (χ3v) is 4.27. The molecule has 2 rings (SSSR count). The number of hydrogen-bond acceptors (Lipinski definition) is 3. The van der Waals surface area contributed by atoms with Crippen LogP contribution in [-0.4, -0.2) is 42.1 Å². The van der Waals surface area contributed by atoms with E-state index in [0.29, 0.717) is 25.9 Å². The number of amides is 1. The molecule has 22 heavy (non-hydrogen) atoms. The number of carbonyl (C=O) groups is 2. The Bertz CT molecular complexity index is 543. The van der Waals surface area contributed by atoms with Crippen molar-refractivity contribution in [3.63, 3.8) is 0 Å². The van der Waals surface area contributed by atoms with Crippen molar-refractivity contribution < 1.29 is 19.4 Å². The highest BCUT2D eigenvalue weighted by Gasteiger charge is 2.29. The zero-order chi connectivity index (χ0) is 16.1. The molecule has 1 fully saturated rings. The van der Waals surface area contributed by atoms with Crippen molar-refractivity contribution in [2.24, 2.45) is 5.92 Å². The fraction of sp³-hybridized carbons (Fsp3) is 0.529. The van der Waals surface area contributed by atoms with Gasteiger partial charge in [0.25, 0.3) is 0 Å². The van der Waals surface area contributed by atoms with Crippen LogP contribution in [0.5, 0.6) is 5.75 Å². The molecule has 1 aliphatic rings. The maximum absolute atomic E-state index is 12.4. The molecule has 1 N–H and O–H groups in total. The highest BCUT2D eigenvalue weighted by atomic mass is 16.5. The van der Waals surface area contributed by atoms with E-state index in [0.717, 1.165) is 17.7 Å². The largest absolute Gasteiger partial charge is 0.496 e. The fourth-order valence-electron chi connectivity index (χ4n) is 2.98. The monoisotopic (exact) mass is 305 g/mol. The number of piperidine rings is 1. The van der Waals surface area contributed by atoms with Crippen LogP contribution >= 0.6 is 0 Å². The van der Waals surface area contributed by atoms with E-state index >= 15 is 0 Å². The van der Waals surface area contributed by atoms with Crippen LogP contribution in [0.15, 0.2) is 24.3 Å². The van der Waals surface area contributed by atoms with E-state index in [1.165, 1.54) is 0 Å². The minimum atomic E-state index is -0.810. The molecule has 5 nitrogen and oxygen atoms in total. The van der Waals surface area contributed by atoms with Crippen molar-refractivity contribution in [3.8, 4) is 5.75 Å². The van der Waals surface area contributed by atoms with E-state index in [4.69, 9.17) is 9.84 Å². The number of hydrogen-bond donors (Lipinski definition) is 1. The summed E-state index contributed by atoms with van der Waals surface area (Å²) in [7, 11) is 1.62. The average Bonchev–Trinajstić information content (AvgIpc) is 2.54. The smallest absolute Gasteiger partial charge is 0.308 e. The third-order valence-electron chi connectivity index (χ3n) is 4.27. The molecule has 1 aliphatic heterocycles. The van der Waals surface area contributed by atoms with Crippen LogP contribution in [0.25, 0.3) is 0 Å². The molecule has 0 aromatic heterocycles. The molecular weight excluding hydrogens is 282 g/mol. The number of methoxy groups -OCH3 is 1. The molecule has 0 bridgehead atoms. The van der Waals surface area contributed by atoms with Crippen molar-refractivity contribution in [1.82, 2.24) is 4.90 Å². The number of carboxylic acid groups (broad SMARTS) is 1. The molecule has 1 heterocycles. The first-order chi connectivity index (χ1) is 10.5.